The molecule has 1 fully saturated rings. The van der Waals surface area contributed by atoms with E-state index in [2.05, 4.69) is 12.1 Å². The van der Waals surface area contributed by atoms with Crippen molar-refractivity contribution in [2.24, 2.45) is 5.73 Å². The van der Waals surface area contributed by atoms with Gasteiger partial charge in [0.15, 0.2) is 0 Å². The first-order valence-corrected chi connectivity index (χ1v) is 6.15. The maximum absolute atomic E-state index is 6.15. The van der Waals surface area contributed by atoms with Crippen molar-refractivity contribution in [2.75, 3.05) is 0 Å². The second-order valence-corrected chi connectivity index (χ2v) is 5.45. The van der Waals surface area contributed by atoms with Crippen LogP contribution in [0.4, 0.5) is 0 Å². The summed E-state index contributed by atoms with van der Waals surface area (Å²) < 4.78 is 0. The van der Waals surface area contributed by atoms with Gasteiger partial charge in [0.1, 0.15) is 0 Å². The van der Waals surface area contributed by atoms with Gasteiger partial charge in [-0.1, -0.05) is 24.1 Å². The van der Waals surface area contributed by atoms with E-state index in [1.807, 2.05) is 6.07 Å². The van der Waals surface area contributed by atoms with Crippen molar-refractivity contribution >= 4 is 11.6 Å². The quantitative estimate of drug-likeness (QED) is 0.713. The topological polar surface area (TPSA) is 26.0 Å². The molecule has 0 amide bonds. The van der Waals surface area contributed by atoms with Crippen LogP contribution in [0.25, 0.3) is 0 Å². The molecule has 1 aromatic carbocycles. The summed E-state index contributed by atoms with van der Waals surface area (Å²) in [6.07, 6.45) is 6.40. The molecular weight excluding hydrogens is 206 g/mol. The number of benzene rings is 1. The van der Waals surface area contributed by atoms with Crippen molar-refractivity contribution in [3.05, 3.63) is 34.3 Å². The summed E-state index contributed by atoms with van der Waals surface area (Å²) in [7, 11) is 0. The fraction of sp³-hybridized carbons (Fsp3) is 0.538. The average Bonchev–Trinajstić information content (AvgIpc) is 2.15. The maximum Gasteiger partial charge on any atom is 0.0409 e. The van der Waals surface area contributed by atoms with Gasteiger partial charge in [0, 0.05) is 11.1 Å². The van der Waals surface area contributed by atoms with Crippen LogP contribution in [0.3, 0.4) is 0 Å². The number of fused-ring (bicyclic) bond motifs is 2. The van der Waals surface area contributed by atoms with Gasteiger partial charge in [-0.3, -0.25) is 0 Å². The minimum atomic E-state index is 0.225. The maximum atomic E-state index is 6.15. The molecule has 0 aliphatic heterocycles. The number of halogens is 1. The molecule has 1 nitrogen and oxygen atoms in total. The first kappa shape index (κ1) is 9.68. The molecule has 0 saturated heterocycles. The summed E-state index contributed by atoms with van der Waals surface area (Å²) in [5, 5.41) is 0.856. The predicted octanol–water partition coefficient (Wildman–Crippen LogP) is 3.56. The first-order chi connectivity index (χ1) is 7.21. The lowest BCUT2D eigenvalue weighted by Crippen LogP contribution is -2.40. The highest BCUT2D eigenvalue weighted by Crippen LogP contribution is 2.53. The number of rotatable bonds is 0. The lowest BCUT2D eigenvalue weighted by Gasteiger charge is -2.48. The van der Waals surface area contributed by atoms with Gasteiger partial charge in [-0.15, -0.1) is 0 Å². The van der Waals surface area contributed by atoms with Crippen molar-refractivity contribution in [3.63, 3.8) is 0 Å². The highest BCUT2D eigenvalue weighted by Gasteiger charge is 2.43. The lowest BCUT2D eigenvalue weighted by atomic mass is 9.57. The molecule has 2 N–H and O–H groups in total. The van der Waals surface area contributed by atoms with Crippen molar-refractivity contribution in [1.82, 2.24) is 0 Å². The molecular formula is C13H16ClN. The van der Waals surface area contributed by atoms with Crippen LogP contribution in [0, 0.1) is 0 Å². The third-order valence-corrected chi connectivity index (χ3v) is 4.47. The minimum Gasteiger partial charge on any atom is -0.324 e. The molecule has 0 heterocycles. The molecule has 1 unspecified atom stereocenters. The average molecular weight is 222 g/mol. The Morgan fingerprint density at radius 3 is 2.73 bits per heavy atom. The summed E-state index contributed by atoms with van der Waals surface area (Å²) in [6, 6.07) is 6.47. The monoisotopic (exact) mass is 221 g/mol. The zero-order chi connectivity index (χ0) is 10.5. The summed E-state index contributed by atoms with van der Waals surface area (Å²) >= 11 is 6.09. The van der Waals surface area contributed by atoms with E-state index in [4.69, 9.17) is 17.3 Å². The van der Waals surface area contributed by atoms with Crippen molar-refractivity contribution in [3.8, 4) is 0 Å². The normalized spacial score (nSPS) is 27.2. The van der Waals surface area contributed by atoms with E-state index < -0.39 is 0 Å². The van der Waals surface area contributed by atoms with Gasteiger partial charge in [0.2, 0.25) is 0 Å². The van der Waals surface area contributed by atoms with Crippen LogP contribution >= 0.6 is 11.6 Å². The molecule has 2 aliphatic rings. The van der Waals surface area contributed by atoms with E-state index in [-0.39, 0.29) is 6.04 Å². The molecule has 1 spiro atoms. The van der Waals surface area contributed by atoms with Crippen LogP contribution in [0.15, 0.2) is 18.2 Å². The second-order valence-electron chi connectivity index (χ2n) is 5.01. The molecule has 2 aliphatic carbocycles. The highest BCUT2D eigenvalue weighted by atomic mass is 35.5. The summed E-state index contributed by atoms with van der Waals surface area (Å²) in [5.41, 5.74) is 9.38. The summed E-state index contributed by atoms with van der Waals surface area (Å²) in [4.78, 5) is 0. The molecule has 0 radical (unpaired) electrons. The van der Waals surface area contributed by atoms with Gasteiger partial charge in [-0.05, 0) is 54.4 Å². The molecule has 80 valence electrons. The van der Waals surface area contributed by atoms with Gasteiger partial charge in [0.25, 0.3) is 0 Å². The molecule has 0 bridgehead atoms. The SMILES string of the molecule is NC1CCC2(CCC2)c2cc(Cl)ccc21. The Morgan fingerprint density at radius 2 is 2.07 bits per heavy atom. The predicted molar refractivity (Wildman–Crippen MR) is 63.1 cm³/mol. The Labute approximate surface area is 95.6 Å². The molecule has 0 aromatic heterocycles. The fourth-order valence-electron chi connectivity index (χ4n) is 3.16. The molecule has 15 heavy (non-hydrogen) atoms. The molecule has 2 heteroatoms. The zero-order valence-electron chi connectivity index (χ0n) is 8.80. The second kappa shape index (κ2) is 3.23. The first-order valence-electron chi connectivity index (χ1n) is 5.77. The molecule has 3 rings (SSSR count). The Hall–Kier alpha value is -0.530. The van der Waals surface area contributed by atoms with Crippen molar-refractivity contribution in [1.29, 1.82) is 0 Å². The number of nitrogens with two attached hydrogens (primary N) is 1. The minimum absolute atomic E-state index is 0.225. The van der Waals surface area contributed by atoms with Crippen molar-refractivity contribution in [2.45, 2.75) is 43.6 Å². The Kier molecular flexibility index (Phi) is 2.08. The van der Waals surface area contributed by atoms with Crippen LogP contribution < -0.4 is 5.73 Å². The Balaban J connectivity index is 2.14. The van der Waals surface area contributed by atoms with Gasteiger partial charge in [-0.25, -0.2) is 0 Å². The van der Waals surface area contributed by atoms with Gasteiger partial charge in [0.05, 0.1) is 0 Å². The number of hydrogen-bond acceptors (Lipinski definition) is 1. The summed E-state index contributed by atoms with van der Waals surface area (Å²) in [6.45, 7) is 0. The van der Waals surface area contributed by atoms with Gasteiger partial charge >= 0.3 is 0 Å². The van der Waals surface area contributed by atoms with Crippen LogP contribution in [-0.2, 0) is 5.41 Å². The fourth-order valence-corrected chi connectivity index (χ4v) is 3.33. The van der Waals surface area contributed by atoms with E-state index in [1.54, 1.807) is 0 Å². The van der Waals surface area contributed by atoms with Gasteiger partial charge in [-0.2, -0.15) is 0 Å². The standard InChI is InChI=1S/C13H16ClN/c14-9-2-3-10-11(8-9)13(5-1-6-13)7-4-12(10)15/h2-3,8,12H,1,4-7,15H2. The lowest BCUT2D eigenvalue weighted by molar-refractivity contribution is 0.199. The largest absolute Gasteiger partial charge is 0.324 e. The molecule has 1 saturated carbocycles. The van der Waals surface area contributed by atoms with Gasteiger partial charge < -0.3 is 5.73 Å². The van der Waals surface area contributed by atoms with Crippen molar-refractivity contribution < 1.29 is 0 Å². The zero-order valence-corrected chi connectivity index (χ0v) is 9.56. The number of hydrogen-bond donors (Lipinski definition) is 1. The Bertz CT molecular complexity index is 396. The van der Waals surface area contributed by atoms with Crippen LogP contribution in [0.5, 0.6) is 0 Å². The smallest absolute Gasteiger partial charge is 0.0409 e. The van der Waals surface area contributed by atoms with E-state index >= 15 is 0 Å². The van der Waals surface area contributed by atoms with E-state index in [0.29, 0.717) is 5.41 Å². The third-order valence-electron chi connectivity index (χ3n) is 4.23. The van der Waals surface area contributed by atoms with Crippen LogP contribution in [-0.4, -0.2) is 0 Å². The third kappa shape index (κ3) is 1.33. The van der Waals surface area contributed by atoms with E-state index in [1.165, 1.54) is 36.8 Å². The van der Waals surface area contributed by atoms with E-state index in [9.17, 15) is 0 Å². The van der Waals surface area contributed by atoms with Crippen LogP contribution in [0.2, 0.25) is 5.02 Å². The van der Waals surface area contributed by atoms with E-state index in [0.717, 1.165) is 11.4 Å². The Morgan fingerprint density at radius 1 is 1.27 bits per heavy atom. The van der Waals surface area contributed by atoms with Crippen LogP contribution in [0.1, 0.15) is 49.3 Å². The molecule has 1 atom stereocenters. The molecule has 1 aromatic rings. The summed E-state index contributed by atoms with van der Waals surface area (Å²) in [5.74, 6) is 0. The highest BCUT2D eigenvalue weighted by molar-refractivity contribution is 6.30.